The number of nitrogens with one attached hydrogen (secondary N) is 1. The van der Waals surface area contributed by atoms with E-state index in [2.05, 4.69) is 5.43 Å². The number of hydrogen-bond donors (Lipinski definition) is 2. The van der Waals surface area contributed by atoms with Gasteiger partial charge in [0, 0.05) is 13.0 Å². The van der Waals surface area contributed by atoms with Crippen molar-refractivity contribution in [3.05, 3.63) is 34.3 Å². The maximum absolute atomic E-state index is 11.7. The van der Waals surface area contributed by atoms with Crippen LogP contribution in [0.5, 0.6) is 0 Å². The number of amides is 1. The molecule has 22 heavy (non-hydrogen) atoms. The Hall–Kier alpha value is -1.14. The van der Waals surface area contributed by atoms with E-state index in [1.807, 2.05) is 19.9 Å². The first-order valence-corrected chi connectivity index (χ1v) is 7.88. The first-order chi connectivity index (χ1) is 10.4. The highest BCUT2D eigenvalue weighted by atomic mass is 35.5. The maximum atomic E-state index is 11.7. The fraction of sp³-hybridized carbons (Fsp3) is 0.562. The summed E-state index contributed by atoms with van der Waals surface area (Å²) >= 11 is 6.03. The largest absolute Gasteiger partial charge is 0.353 e. The number of rotatable bonds is 5. The van der Waals surface area contributed by atoms with Gasteiger partial charge >= 0.3 is 0 Å². The van der Waals surface area contributed by atoms with Gasteiger partial charge in [-0.15, -0.1) is 0 Å². The van der Waals surface area contributed by atoms with Crippen LogP contribution in [0.4, 0.5) is 0 Å². The van der Waals surface area contributed by atoms with Crippen molar-refractivity contribution in [2.24, 2.45) is 5.84 Å². The molecule has 0 saturated carbocycles. The zero-order valence-corrected chi connectivity index (χ0v) is 13.8. The van der Waals surface area contributed by atoms with Crippen LogP contribution < -0.4 is 11.3 Å². The van der Waals surface area contributed by atoms with Crippen LogP contribution in [0.3, 0.4) is 0 Å². The Labute approximate surface area is 136 Å². The molecule has 0 aromatic heterocycles. The fourth-order valence-electron chi connectivity index (χ4n) is 2.63. The molecular formula is C16H23ClN2O3. The quantitative estimate of drug-likeness (QED) is 0.496. The summed E-state index contributed by atoms with van der Waals surface area (Å²) in [5.41, 5.74) is 3.04. The smallest absolute Gasteiger partial charge is 0.266 e. The molecule has 1 aromatic rings. The van der Waals surface area contributed by atoms with Crippen LogP contribution in [0, 0.1) is 0 Å². The molecule has 2 rings (SSSR count). The van der Waals surface area contributed by atoms with E-state index in [0.29, 0.717) is 17.0 Å². The Balaban J connectivity index is 2.06. The summed E-state index contributed by atoms with van der Waals surface area (Å²) < 4.78 is 11.7. The molecule has 122 valence electrons. The first kappa shape index (κ1) is 17.2. The number of ether oxygens (including phenoxy) is 2. The van der Waals surface area contributed by atoms with Crippen LogP contribution in [0.1, 0.15) is 49.0 Å². The lowest BCUT2D eigenvalue weighted by atomic mass is 9.96. The van der Waals surface area contributed by atoms with E-state index in [9.17, 15) is 4.79 Å². The molecule has 0 radical (unpaired) electrons. The topological polar surface area (TPSA) is 73.6 Å². The second kappa shape index (κ2) is 7.42. The number of nitrogen functional groups attached to an aromatic ring is 1. The number of halogens is 1. The van der Waals surface area contributed by atoms with Crippen molar-refractivity contribution in [2.45, 2.75) is 51.4 Å². The van der Waals surface area contributed by atoms with Gasteiger partial charge in [0.25, 0.3) is 5.91 Å². The van der Waals surface area contributed by atoms with E-state index in [0.717, 1.165) is 31.4 Å². The zero-order valence-electron chi connectivity index (χ0n) is 13.0. The number of carbonyl (C=O) groups excluding carboxylic acids is 1. The molecule has 1 amide bonds. The molecule has 1 atom stereocenters. The third-order valence-electron chi connectivity index (χ3n) is 3.62. The van der Waals surface area contributed by atoms with Crippen LogP contribution in [0.2, 0.25) is 5.02 Å². The van der Waals surface area contributed by atoms with Gasteiger partial charge in [-0.2, -0.15) is 0 Å². The molecule has 1 saturated heterocycles. The van der Waals surface area contributed by atoms with Crippen LogP contribution in [-0.4, -0.2) is 24.4 Å². The standard InChI is InChI=1S/C16H23ClN2O3/c1-16(2,22-14-5-3-4-8-21-14)10-11-6-7-13(17)12(9-11)15(20)19-18/h6-7,9,14H,3-5,8,10,18H2,1-2H3,(H,19,20). The average Bonchev–Trinajstić information content (AvgIpc) is 2.48. The second-order valence-electron chi connectivity index (χ2n) is 6.14. The molecule has 0 bridgehead atoms. The summed E-state index contributed by atoms with van der Waals surface area (Å²) in [4.78, 5) is 11.7. The van der Waals surface area contributed by atoms with E-state index < -0.39 is 11.5 Å². The third-order valence-corrected chi connectivity index (χ3v) is 3.95. The van der Waals surface area contributed by atoms with E-state index in [1.165, 1.54) is 0 Å². The molecule has 5 nitrogen and oxygen atoms in total. The lowest BCUT2D eigenvalue weighted by molar-refractivity contribution is -0.214. The normalized spacial score (nSPS) is 19.0. The minimum absolute atomic E-state index is 0.150. The zero-order chi connectivity index (χ0) is 16.2. The Morgan fingerprint density at radius 3 is 2.91 bits per heavy atom. The monoisotopic (exact) mass is 326 g/mol. The first-order valence-electron chi connectivity index (χ1n) is 7.50. The predicted molar refractivity (Wildman–Crippen MR) is 85.6 cm³/mol. The minimum Gasteiger partial charge on any atom is -0.353 e. The summed E-state index contributed by atoms with van der Waals surface area (Å²) in [7, 11) is 0. The van der Waals surface area contributed by atoms with Crippen molar-refractivity contribution in [2.75, 3.05) is 6.61 Å². The average molecular weight is 327 g/mol. The summed E-state index contributed by atoms with van der Waals surface area (Å²) in [6, 6.07) is 5.34. The Morgan fingerprint density at radius 1 is 1.50 bits per heavy atom. The van der Waals surface area contributed by atoms with Crippen LogP contribution >= 0.6 is 11.6 Å². The SMILES string of the molecule is CC(C)(Cc1ccc(Cl)c(C(=O)NN)c1)OC1CCCCO1. The summed E-state index contributed by atoms with van der Waals surface area (Å²) in [6.07, 6.45) is 3.64. The number of hydrazine groups is 1. The van der Waals surface area contributed by atoms with Gasteiger partial charge in [0.15, 0.2) is 6.29 Å². The van der Waals surface area contributed by atoms with Gasteiger partial charge in [-0.05, 0) is 50.8 Å². The highest BCUT2D eigenvalue weighted by molar-refractivity contribution is 6.33. The molecule has 0 aliphatic carbocycles. The van der Waals surface area contributed by atoms with Gasteiger partial charge in [0.05, 0.1) is 16.2 Å². The van der Waals surface area contributed by atoms with Gasteiger partial charge in [-0.25, -0.2) is 5.84 Å². The van der Waals surface area contributed by atoms with Crippen molar-refractivity contribution in [3.8, 4) is 0 Å². The number of carbonyl (C=O) groups is 1. The van der Waals surface area contributed by atoms with Crippen LogP contribution in [0.15, 0.2) is 18.2 Å². The molecule has 0 spiro atoms. The molecule has 1 fully saturated rings. The van der Waals surface area contributed by atoms with Crippen LogP contribution in [0.25, 0.3) is 0 Å². The Kier molecular flexibility index (Phi) is 5.81. The van der Waals surface area contributed by atoms with Gasteiger partial charge in [-0.1, -0.05) is 17.7 Å². The third kappa shape index (κ3) is 4.68. The maximum Gasteiger partial charge on any atom is 0.266 e. The molecule has 1 aliphatic rings. The molecule has 1 heterocycles. The van der Waals surface area contributed by atoms with Gasteiger partial charge in [0.1, 0.15) is 0 Å². The van der Waals surface area contributed by atoms with Gasteiger partial charge in [0.2, 0.25) is 0 Å². The fourth-order valence-corrected chi connectivity index (χ4v) is 2.83. The lowest BCUT2D eigenvalue weighted by Gasteiger charge is -2.33. The number of hydrogen-bond acceptors (Lipinski definition) is 4. The van der Waals surface area contributed by atoms with E-state index in [4.69, 9.17) is 26.9 Å². The Bertz CT molecular complexity index is 528. The van der Waals surface area contributed by atoms with Gasteiger partial charge < -0.3 is 9.47 Å². The van der Waals surface area contributed by atoms with Crippen molar-refractivity contribution < 1.29 is 14.3 Å². The van der Waals surface area contributed by atoms with Crippen molar-refractivity contribution >= 4 is 17.5 Å². The van der Waals surface area contributed by atoms with Crippen molar-refractivity contribution in [3.63, 3.8) is 0 Å². The minimum atomic E-state index is -0.402. The predicted octanol–water partition coefficient (Wildman–Crippen LogP) is 2.81. The van der Waals surface area contributed by atoms with Crippen LogP contribution in [-0.2, 0) is 15.9 Å². The van der Waals surface area contributed by atoms with Gasteiger partial charge in [-0.3, -0.25) is 10.2 Å². The van der Waals surface area contributed by atoms with Crippen molar-refractivity contribution in [1.29, 1.82) is 0 Å². The highest BCUT2D eigenvalue weighted by Gasteiger charge is 2.26. The molecule has 1 aromatic carbocycles. The van der Waals surface area contributed by atoms with Crippen molar-refractivity contribution in [1.82, 2.24) is 5.43 Å². The summed E-state index contributed by atoms with van der Waals surface area (Å²) in [6.45, 7) is 4.78. The molecule has 6 heteroatoms. The molecule has 1 aliphatic heterocycles. The molecule has 3 N–H and O–H groups in total. The van der Waals surface area contributed by atoms with E-state index >= 15 is 0 Å². The number of benzene rings is 1. The lowest BCUT2D eigenvalue weighted by Crippen LogP contribution is -2.36. The highest BCUT2D eigenvalue weighted by Crippen LogP contribution is 2.26. The molecular weight excluding hydrogens is 304 g/mol. The summed E-state index contributed by atoms with van der Waals surface area (Å²) in [5, 5.41) is 0.376. The van der Waals surface area contributed by atoms with E-state index in [-0.39, 0.29) is 6.29 Å². The second-order valence-corrected chi connectivity index (χ2v) is 6.55. The molecule has 1 unspecified atom stereocenters. The number of nitrogens with two attached hydrogens (primary N) is 1. The van der Waals surface area contributed by atoms with E-state index in [1.54, 1.807) is 12.1 Å². The Morgan fingerprint density at radius 2 is 2.27 bits per heavy atom. The summed E-state index contributed by atoms with van der Waals surface area (Å²) in [5.74, 6) is 4.77.